The molecule has 4 aromatic rings. The van der Waals surface area contributed by atoms with Gasteiger partial charge in [0.1, 0.15) is 17.2 Å². The fourth-order valence-electron chi connectivity index (χ4n) is 4.19. The second-order valence-corrected chi connectivity index (χ2v) is 8.21. The number of H-pyrrole nitrogens is 2. The van der Waals surface area contributed by atoms with E-state index in [0.29, 0.717) is 41.1 Å². The number of nitrogens with zero attached hydrogens (tertiary/aromatic N) is 1. The third-order valence-corrected chi connectivity index (χ3v) is 5.83. The number of fused-ring (bicyclic) bond motifs is 2. The molecule has 162 valence electrons. The number of halogens is 1. The Balaban J connectivity index is 1.49. The Kier molecular flexibility index (Phi) is 4.77. The Morgan fingerprint density at radius 3 is 2.88 bits per heavy atom. The van der Waals surface area contributed by atoms with Crippen molar-refractivity contribution in [1.29, 1.82) is 0 Å². The standard InChI is InChI=1S/C24H22FN5O2/c1-12-3-4-16(25)8-14(12)7-13(2)28-18-5-6-26-24(32)21(18)22-29-19-9-15-11-27-23(31)17(15)10-20(19)30-22/h3-6,8-10,13H,7,11H2,1-2H3,(H,27,31)(H,29,30)(H2,26,28,32). The first kappa shape index (κ1) is 20.0. The molecular weight excluding hydrogens is 409 g/mol. The van der Waals surface area contributed by atoms with Gasteiger partial charge in [-0.15, -0.1) is 0 Å². The summed E-state index contributed by atoms with van der Waals surface area (Å²) in [5.74, 6) is 0.0351. The monoisotopic (exact) mass is 431 g/mol. The first-order chi connectivity index (χ1) is 15.4. The molecule has 32 heavy (non-hydrogen) atoms. The second-order valence-electron chi connectivity index (χ2n) is 8.21. The number of amides is 1. The van der Waals surface area contributed by atoms with E-state index >= 15 is 0 Å². The second kappa shape index (κ2) is 7.64. The van der Waals surface area contributed by atoms with Gasteiger partial charge in [-0.3, -0.25) is 9.59 Å². The van der Waals surface area contributed by atoms with E-state index in [4.69, 9.17) is 0 Å². The summed E-state index contributed by atoms with van der Waals surface area (Å²) in [6.07, 6.45) is 2.17. The van der Waals surface area contributed by atoms with Gasteiger partial charge in [-0.25, -0.2) is 9.37 Å². The van der Waals surface area contributed by atoms with Crippen LogP contribution in [0.2, 0.25) is 0 Å². The first-order valence-electron chi connectivity index (χ1n) is 10.4. The zero-order valence-corrected chi connectivity index (χ0v) is 17.7. The molecule has 4 N–H and O–H groups in total. The van der Waals surface area contributed by atoms with Gasteiger partial charge in [-0.05, 0) is 67.3 Å². The summed E-state index contributed by atoms with van der Waals surface area (Å²) in [7, 11) is 0. The molecule has 0 saturated carbocycles. The van der Waals surface area contributed by atoms with Crippen LogP contribution in [-0.2, 0) is 13.0 Å². The van der Waals surface area contributed by atoms with Crippen molar-refractivity contribution in [1.82, 2.24) is 20.3 Å². The van der Waals surface area contributed by atoms with Crippen LogP contribution in [0.15, 0.2) is 47.4 Å². The van der Waals surface area contributed by atoms with Crippen molar-refractivity contribution in [3.8, 4) is 11.4 Å². The highest BCUT2D eigenvalue weighted by atomic mass is 19.1. The first-order valence-corrected chi connectivity index (χ1v) is 10.4. The van der Waals surface area contributed by atoms with Crippen molar-refractivity contribution >= 4 is 22.6 Å². The van der Waals surface area contributed by atoms with Gasteiger partial charge in [-0.2, -0.15) is 0 Å². The Labute approximate surface area is 183 Å². The molecule has 1 atom stereocenters. The van der Waals surface area contributed by atoms with Crippen molar-refractivity contribution < 1.29 is 9.18 Å². The van der Waals surface area contributed by atoms with Crippen molar-refractivity contribution in [3.05, 3.63) is 81.0 Å². The van der Waals surface area contributed by atoms with Crippen molar-refractivity contribution in [2.24, 2.45) is 0 Å². The van der Waals surface area contributed by atoms with Crippen molar-refractivity contribution in [2.75, 3.05) is 5.32 Å². The van der Waals surface area contributed by atoms with E-state index in [9.17, 15) is 14.0 Å². The fourth-order valence-corrected chi connectivity index (χ4v) is 4.19. The van der Waals surface area contributed by atoms with E-state index in [1.165, 1.54) is 6.07 Å². The van der Waals surface area contributed by atoms with Gasteiger partial charge in [0.25, 0.3) is 11.5 Å². The van der Waals surface area contributed by atoms with Crippen LogP contribution in [0.1, 0.15) is 34.0 Å². The van der Waals surface area contributed by atoms with Crippen molar-refractivity contribution in [3.63, 3.8) is 0 Å². The number of carbonyl (C=O) groups is 1. The molecule has 0 bridgehead atoms. The molecule has 0 aliphatic carbocycles. The topological polar surface area (TPSA) is 103 Å². The summed E-state index contributed by atoms with van der Waals surface area (Å²) in [4.78, 5) is 35.2. The maximum atomic E-state index is 13.7. The van der Waals surface area contributed by atoms with Crippen LogP contribution in [-0.4, -0.2) is 26.9 Å². The highest BCUT2D eigenvalue weighted by Crippen LogP contribution is 2.28. The highest BCUT2D eigenvalue weighted by Gasteiger charge is 2.22. The molecule has 0 radical (unpaired) electrons. The average molecular weight is 431 g/mol. The third kappa shape index (κ3) is 3.53. The lowest BCUT2D eigenvalue weighted by molar-refractivity contribution is 0.0966. The fraction of sp³-hybridized carbons (Fsp3) is 0.208. The van der Waals surface area contributed by atoms with Gasteiger partial charge in [0, 0.05) is 24.3 Å². The van der Waals surface area contributed by atoms with E-state index in [2.05, 4.69) is 25.6 Å². The molecule has 8 heteroatoms. The van der Waals surface area contributed by atoms with Gasteiger partial charge in [0.15, 0.2) is 0 Å². The van der Waals surface area contributed by atoms with Crippen molar-refractivity contribution in [2.45, 2.75) is 32.9 Å². The lowest BCUT2D eigenvalue weighted by Gasteiger charge is -2.18. The van der Waals surface area contributed by atoms with E-state index in [1.54, 1.807) is 30.5 Å². The largest absolute Gasteiger partial charge is 0.381 e. The van der Waals surface area contributed by atoms with E-state index < -0.39 is 0 Å². The lowest BCUT2D eigenvalue weighted by Crippen LogP contribution is -2.22. The van der Waals surface area contributed by atoms with E-state index in [1.807, 2.05) is 19.9 Å². The molecule has 1 aliphatic rings. The number of aryl methyl sites for hydroxylation is 1. The Morgan fingerprint density at radius 2 is 2.03 bits per heavy atom. The van der Waals surface area contributed by atoms with Gasteiger partial charge in [0.05, 0.1) is 16.7 Å². The number of benzene rings is 2. The van der Waals surface area contributed by atoms with Gasteiger partial charge in [-0.1, -0.05) is 6.07 Å². The number of hydrogen-bond donors (Lipinski definition) is 4. The number of pyridine rings is 1. The smallest absolute Gasteiger partial charge is 0.261 e. The number of rotatable bonds is 5. The summed E-state index contributed by atoms with van der Waals surface area (Å²) >= 11 is 0. The van der Waals surface area contributed by atoms with Crippen LogP contribution >= 0.6 is 0 Å². The SMILES string of the molecule is Cc1ccc(F)cc1CC(C)Nc1cc[nH]c(=O)c1-c1nc2cc3c(cc2[nH]1)CNC3=O. The van der Waals surface area contributed by atoms with Gasteiger partial charge >= 0.3 is 0 Å². The minimum Gasteiger partial charge on any atom is -0.381 e. The van der Waals surface area contributed by atoms with Crippen LogP contribution in [0.5, 0.6) is 0 Å². The predicted molar refractivity (Wildman–Crippen MR) is 121 cm³/mol. The summed E-state index contributed by atoms with van der Waals surface area (Å²) in [6, 6.07) is 10.1. The molecule has 0 saturated heterocycles. The zero-order valence-electron chi connectivity index (χ0n) is 17.7. The van der Waals surface area contributed by atoms with Crippen LogP contribution in [0.3, 0.4) is 0 Å². The Bertz CT molecular complexity index is 1420. The van der Waals surface area contributed by atoms with Crippen LogP contribution < -0.4 is 16.2 Å². The minimum atomic E-state index is -0.284. The van der Waals surface area contributed by atoms with Gasteiger partial charge < -0.3 is 20.6 Å². The van der Waals surface area contributed by atoms with Gasteiger partial charge in [0.2, 0.25) is 0 Å². The molecule has 5 rings (SSSR count). The summed E-state index contributed by atoms with van der Waals surface area (Å²) < 4.78 is 13.7. The highest BCUT2D eigenvalue weighted by molar-refractivity contribution is 6.01. The van der Waals surface area contributed by atoms with Crippen LogP contribution in [0, 0.1) is 12.7 Å². The normalized spacial score (nSPS) is 13.8. The van der Waals surface area contributed by atoms with Crippen LogP contribution in [0.4, 0.5) is 10.1 Å². The van der Waals surface area contributed by atoms with E-state index in [0.717, 1.165) is 22.2 Å². The summed E-state index contributed by atoms with van der Waals surface area (Å²) in [5, 5.41) is 6.17. The van der Waals surface area contributed by atoms with Crippen LogP contribution in [0.25, 0.3) is 22.4 Å². The number of carbonyl (C=O) groups excluding carboxylic acids is 1. The maximum Gasteiger partial charge on any atom is 0.261 e. The molecule has 0 fully saturated rings. The maximum absolute atomic E-state index is 13.7. The van der Waals surface area contributed by atoms with E-state index in [-0.39, 0.29) is 23.3 Å². The lowest BCUT2D eigenvalue weighted by atomic mass is 10.0. The predicted octanol–water partition coefficient (Wildman–Crippen LogP) is 3.65. The number of aromatic nitrogens is 3. The summed E-state index contributed by atoms with van der Waals surface area (Å²) in [6.45, 7) is 4.41. The minimum absolute atomic E-state index is 0.0621. The molecule has 3 heterocycles. The zero-order chi connectivity index (χ0) is 22.4. The summed E-state index contributed by atoms with van der Waals surface area (Å²) in [5.41, 5.74) is 5.53. The number of anilines is 1. The quantitative estimate of drug-likeness (QED) is 0.387. The molecule has 1 unspecified atom stereocenters. The number of aromatic amines is 2. The molecule has 0 spiro atoms. The Hall–Kier alpha value is -3.94. The third-order valence-electron chi connectivity index (χ3n) is 5.83. The number of nitrogens with one attached hydrogen (secondary N) is 4. The molecule has 2 aromatic heterocycles. The molecular formula is C24H22FN5O2. The molecule has 7 nitrogen and oxygen atoms in total. The number of imidazole rings is 1. The Morgan fingerprint density at radius 1 is 1.19 bits per heavy atom. The molecule has 1 aliphatic heterocycles. The average Bonchev–Trinajstić information content (AvgIpc) is 3.32. The number of hydrogen-bond acceptors (Lipinski definition) is 4. The molecule has 1 amide bonds. The molecule has 2 aromatic carbocycles.